The molecule has 0 bridgehead atoms. The van der Waals surface area contributed by atoms with Crippen LogP contribution in [-0.4, -0.2) is 0 Å². The summed E-state index contributed by atoms with van der Waals surface area (Å²) in [4.78, 5) is 0. The largest absolute Gasteiger partial charge is 0.0527 e. The predicted molar refractivity (Wildman–Crippen MR) is 133 cm³/mol. The minimum absolute atomic E-state index is 1.04. The minimum Gasteiger partial charge on any atom is -0.0527 e. The number of hydrogen-bond donors (Lipinski definition) is 0. The van der Waals surface area contributed by atoms with Gasteiger partial charge in [-0.15, -0.1) is 0 Å². The lowest BCUT2D eigenvalue weighted by Gasteiger charge is -3.35. The van der Waals surface area contributed by atoms with Gasteiger partial charge in [0.25, 0.3) is 0 Å². The molecule has 22 fully saturated rings. The van der Waals surface area contributed by atoms with E-state index >= 15 is 0 Å². The Balaban J connectivity index is 0.842. The molecular formula is C39H36. The van der Waals surface area contributed by atoms with E-state index in [1.54, 1.807) is 44.9 Å². The van der Waals surface area contributed by atoms with Crippen LogP contribution < -0.4 is 0 Å². The Morgan fingerprint density at radius 2 is 0.615 bits per heavy atom. The molecule has 0 aromatic heterocycles. The summed E-state index contributed by atoms with van der Waals surface area (Å²) in [6, 6.07) is 0. The maximum absolute atomic E-state index is 1.77. The van der Waals surface area contributed by atoms with Gasteiger partial charge < -0.3 is 0 Å². The second-order valence-electron chi connectivity index (χ2n) is 23.1. The molecule has 0 heterocycles. The maximum Gasteiger partial charge on any atom is -0.00932 e. The SMILES string of the molecule is C1CC2C3C4CC5C[C@@H]6[C@@H]7[C@@H]8[C@@H]9[C@@H]%10[C@@H]%11[C@@H]%12[C@@H]%13[C@@H]%14[C@@H]%15CC%16CC%17C%18C%19C%20C%21C%22C(C1)C9(C28C37C546)C%22%10C%21%11C%20%12C%19%13C%18%14C%16%17%15. The van der Waals surface area contributed by atoms with Gasteiger partial charge in [-0.25, -0.2) is 0 Å². The van der Waals surface area contributed by atoms with E-state index in [2.05, 4.69) is 0 Å². The summed E-state index contributed by atoms with van der Waals surface area (Å²) in [7, 11) is 0. The van der Waals surface area contributed by atoms with E-state index in [-0.39, 0.29) is 0 Å². The molecule has 0 aliphatic heterocycles. The summed E-state index contributed by atoms with van der Waals surface area (Å²) in [5.74, 6) is 29.5. The van der Waals surface area contributed by atoms with Gasteiger partial charge in [0, 0.05) is 0 Å². The first kappa shape index (κ1) is 15.6. The zero-order valence-corrected chi connectivity index (χ0v) is 22.7. The minimum atomic E-state index is 1.04. The van der Waals surface area contributed by atoms with E-state index in [1.807, 2.05) is 0 Å². The van der Waals surface area contributed by atoms with E-state index < -0.39 is 0 Å². The fraction of sp³-hybridized carbons (Fsp3) is 1.00. The number of fused-ring (bicyclic) bond motifs is 17. The molecule has 0 aromatic carbocycles. The van der Waals surface area contributed by atoms with E-state index in [9.17, 15) is 0 Å². The van der Waals surface area contributed by atoms with Crippen LogP contribution in [0.5, 0.6) is 0 Å². The third-order valence-electron chi connectivity index (χ3n) is 28.6. The Morgan fingerprint density at radius 3 is 1.18 bits per heavy atom. The van der Waals surface area contributed by atoms with Gasteiger partial charge >= 0.3 is 0 Å². The van der Waals surface area contributed by atoms with Crippen molar-refractivity contribution in [3.8, 4) is 0 Å². The van der Waals surface area contributed by atoms with E-state index in [4.69, 9.17) is 0 Å². The van der Waals surface area contributed by atoms with Crippen molar-refractivity contribution in [1.82, 2.24) is 0 Å². The van der Waals surface area contributed by atoms with E-state index in [1.165, 1.54) is 130 Å². The summed E-state index contributed by atoms with van der Waals surface area (Å²) in [6.45, 7) is 0. The third kappa shape index (κ3) is 0.536. The van der Waals surface area contributed by atoms with Gasteiger partial charge in [0.15, 0.2) is 0 Å². The van der Waals surface area contributed by atoms with Crippen LogP contribution in [0, 0.1) is 184 Å². The van der Waals surface area contributed by atoms with Gasteiger partial charge in [-0.1, -0.05) is 6.42 Å². The normalized spacial score (nSPS) is 114. The zero-order chi connectivity index (χ0) is 22.7. The first-order valence-corrected chi connectivity index (χ1v) is 19.4. The van der Waals surface area contributed by atoms with Crippen LogP contribution in [0.25, 0.3) is 0 Å². The van der Waals surface area contributed by atoms with Crippen molar-refractivity contribution in [1.29, 1.82) is 0 Å². The van der Waals surface area contributed by atoms with Crippen molar-refractivity contribution in [2.24, 2.45) is 184 Å². The Labute approximate surface area is 228 Å². The molecule has 32 atom stereocenters. The lowest BCUT2D eigenvalue weighted by Crippen LogP contribution is -3.33. The molecule has 0 heteroatoms. The van der Waals surface area contributed by atoms with Gasteiger partial charge in [0.05, 0.1) is 0 Å². The zero-order valence-electron chi connectivity index (χ0n) is 22.7. The number of hydrogen-bond acceptors (Lipinski definition) is 0. The quantitative estimate of drug-likeness (QED) is 0.412. The van der Waals surface area contributed by atoms with Crippen LogP contribution in [0.15, 0.2) is 0 Å². The molecule has 0 amide bonds. The fourth-order valence-electron chi connectivity index (χ4n) is 33.1. The molecule has 22 saturated carbocycles. The topological polar surface area (TPSA) is 0 Å². The Morgan fingerprint density at radius 1 is 0.282 bits per heavy atom. The molecule has 0 aromatic rings. The third-order valence-corrected chi connectivity index (χ3v) is 28.6. The molecule has 0 N–H and O–H groups in total. The first-order valence-electron chi connectivity index (χ1n) is 19.4. The van der Waals surface area contributed by atoms with Crippen molar-refractivity contribution in [3.63, 3.8) is 0 Å². The highest BCUT2D eigenvalue weighted by Crippen LogP contribution is 3.36. The summed E-state index contributed by atoms with van der Waals surface area (Å²) >= 11 is 0. The molecule has 22 aliphatic carbocycles. The second kappa shape index (κ2) is 2.94. The predicted octanol–water partition coefficient (Wildman–Crippen LogP) is 5.44. The van der Waals surface area contributed by atoms with E-state index in [0.717, 1.165) is 54.1 Å². The smallest absolute Gasteiger partial charge is 0.00932 e. The van der Waals surface area contributed by atoms with Gasteiger partial charge in [-0.05, 0) is 223 Å². The van der Waals surface area contributed by atoms with Crippen molar-refractivity contribution in [2.45, 2.75) is 44.9 Å². The van der Waals surface area contributed by atoms with Crippen LogP contribution in [-0.2, 0) is 0 Å². The highest BCUT2D eigenvalue weighted by molar-refractivity contribution is 5.79. The molecule has 0 nitrogen and oxygen atoms in total. The van der Waals surface area contributed by atoms with Crippen LogP contribution in [0.3, 0.4) is 0 Å². The van der Waals surface area contributed by atoms with Gasteiger partial charge in [-0.2, -0.15) is 0 Å². The van der Waals surface area contributed by atoms with Crippen molar-refractivity contribution < 1.29 is 0 Å². The van der Waals surface area contributed by atoms with Crippen LogP contribution in [0.4, 0.5) is 0 Å². The second-order valence-corrected chi connectivity index (χ2v) is 23.1. The van der Waals surface area contributed by atoms with Crippen LogP contribution >= 0.6 is 0 Å². The average molecular weight is 505 g/mol. The Bertz CT molecular complexity index is 1880. The molecule has 22 aliphatic rings. The van der Waals surface area contributed by atoms with E-state index in [0.29, 0.717) is 0 Å². The molecule has 0 radical (unpaired) electrons. The highest BCUT2D eigenvalue weighted by atomic mass is 15.4. The summed E-state index contributed by atoms with van der Waals surface area (Å²) in [6.07, 6.45) is 12.2. The summed E-state index contributed by atoms with van der Waals surface area (Å²) in [5.41, 5.74) is 10.7. The fourth-order valence-corrected chi connectivity index (χ4v) is 33.1. The van der Waals surface area contributed by atoms with Crippen LogP contribution in [0.2, 0.25) is 0 Å². The molecule has 10 spiro atoms. The molecule has 22 rings (SSSR count). The van der Waals surface area contributed by atoms with Crippen molar-refractivity contribution >= 4 is 0 Å². The Kier molecular flexibility index (Phi) is 1.18. The lowest BCUT2D eigenvalue weighted by molar-refractivity contribution is -0.894. The highest BCUT2D eigenvalue weighted by Gasteiger charge is 3.34. The molecule has 192 valence electrons. The van der Waals surface area contributed by atoms with Gasteiger partial charge in [0.1, 0.15) is 0 Å². The maximum atomic E-state index is 1.77. The molecule has 22 unspecified atom stereocenters. The molecule has 0 saturated heterocycles. The standard InChI is InChI=1S/C39H36/c1-2-10-16-12-4-8-5-13-18-21-25-28-29-27-24-20-15-7-9-6-14-19-23-26-22-17-11(3-1)33(25,32(10,21)34(16,18)30(8,12)13)36(17,28)38(22,29)39(26,27)37(23,24)35(19,20)31(9,14)15/h8-29H,1-7H2/t8?,9?,10?,11?,12?,13-,14?,15+,16?,17?,18-,19?,20+,21-,22?,23?,24+,25-,26?,27+,28-,29+,30?,31?,32?,33?,34?,35?,36?,37?,38?,39?/m1/s1. The molecular weight excluding hydrogens is 468 g/mol. The van der Waals surface area contributed by atoms with Crippen molar-refractivity contribution in [3.05, 3.63) is 0 Å². The molecule has 39 heavy (non-hydrogen) atoms. The Hall–Kier alpha value is 0. The first-order chi connectivity index (χ1) is 19.4. The average Bonchev–Trinajstić information content (AvgIpc) is 2.93. The van der Waals surface area contributed by atoms with Gasteiger partial charge in [0.2, 0.25) is 0 Å². The van der Waals surface area contributed by atoms with Gasteiger partial charge in [-0.3, -0.25) is 0 Å². The summed E-state index contributed by atoms with van der Waals surface area (Å²) in [5, 5.41) is 0. The number of rotatable bonds is 0. The summed E-state index contributed by atoms with van der Waals surface area (Å²) < 4.78 is 0. The monoisotopic (exact) mass is 504 g/mol. The van der Waals surface area contributed by atoms with Crippen LogP contribution in [0.1, 0.15) is 44.9 Å². The van der Waals surface area contributed by atoms with Crippen molar-refractivity contribution in [2.75, 3.05) is 0 Å². The lowest BCUT2D eigenvalue weighted by atomic mass is 8.68.